The molecular formula is C14H18N2O6S2. The van der Waals surface area contributed by atoms with Gasteiger partial charge in [0.2, 0.25) is 5.91 Å². The number of sulfone groups is 2. The predicted octanol–water partition coefficient (Wildman–Crippen LogP) is -0.877. The fourth-order valence-corrected chi connectivity index (χ4v) is 4.66. The Kier molecular flexibility index (Phi) is 5.29. The van der Waals surface area contributed by atoms with Crippen LogP contribution in [0.4, 0.5) is 0 Å². The molecule has 1 fully saturated rings. The molecule has 2 amide bonds. The van der Waals surface area contributed by atoms with E-state index in [9.17, 15) is 26.4 Å². The van der Waals surface area contributed by atoms with Gasteiger partial charge in [0.15, 0.2) is 19.7 Å². The van der Waals surface area contributed by atoms with E-state index >= 15 is 0 Å². The molecule has 1 heterocycles. The number of rotatable bonds is 5. The summed E-state index contributed by atoms with van der Waals surface area (Å²) in [6, 6.07) is 5.04. The van der Waals surface area contributed by atoms with E-state index < -0.39 is 37.5 Å². The topological polar surface area (TPSA) is 126 Å². The van der Waals surface area contributed by atoms with Gasteiger partial charge in [-0.1, -0.05) is 6.07 Å². The highest BCUT2D eigenvalue weighted by atomic mass is 32.2. The molecule has 1 aliphatic rings. The lowest BCUT2D eigenvalue weighted by atomic mass is 10.2. The highest BCUT2D eigenvalue weighted by Gasteiger charge is 2.28. The van der Waals surface area contributed by atoms with E-state index in [1.54, 1.807) is 0 Å². The molecule has 0 bridgehead atoms. The zero-order chi connectivity index (χ0) is 18.0. The fourth-order valence-electron chi connectivity index (χ4n) is 2.32. The number of hydrogen-bond donors (Lipinski definition) is 2. The normalized spacial score (nSPS) is 19.6. The molecule has 1 aromatic carbocycles. The molecule has 1 atom stereocenters. The van der Waals surface area contributed by atoms with Crippen LogP contribution in [0.2, 0.25) is 0 Å². The van der Waals surface area contributed by atoms with Crippen molar-refractivity contribution < 1.29 is 26.4 Å². The molecular weight excluding hydrogens is 356 g/mol. The highest BCUT2D eigenvalue weighted by molar-refractivity contribution is 7.91. The zero-order valence-corrected chi connectivity index (χ0v) is 14.6. The lowest BCUT2D eigenvalue weighted by Crippen LogP contribution is -2.42. The monoisotopic (exact) mass is 374 g/mol. The summed E-state index contributed by atoms with van der Waals surface area (Å²) in [5, 5.41) is 4.93. The third-order valence-electron chi connectivity index (χ3n) is 3.53. The first-order valence-electron chi connectivity index (χ1n) is 7.15. The van der Waals surface area contributed by atoms with Crippen molar-refractivity contribution in [3.63, 3.8) is 0 Å². The lowest BCUT2D eigenvalue weighted by Gasteiger charge is -2.11. The second kappa shape index (κ2) is 6.89. The van der Waals surface area contributed by atoms with Crippen molar-refractivity contribution in [2.45, 2.75) is 17.4 Å². The molecule has 1 unspecified atom stereocenters. The minimum Gasteiger partial charge on any atom is -0.351 e. The third kappa shape index (κ3) is 5.03. The maximum absolute atomic E-state index is 12.0. The molecule has 0 aliphatic carbocycles. The Morgan fingerprint density at radius 2 is 2.00 bits per heavy atom. The molecule has 0 radical (unpaired) electrons. The van der Waals surface area contributed by atoms with E-state index in [0.717, 1.165) is 6.26 Å². The Morgan fingerprint density at radius 1 is 1.29 bits per heavy atom. The Balaban J connectivity index is 1.90. The number of amides is 2. The maximum Gasteiger partial charge on any atom is 0.251 e. The number of hydrogen-bond acceptors (Lipinski definition) is 6. The summed E-state index contributed by atoms with van der Waals surface area (Å²) in [5.74, 6) is -1.13. The number of carbonyl (C=O) groups is 2. The first-order chi connectivity index (χ1) is 11.1. The van der Waals surface area contributed by atoms with Gasteiger partial charge in [0, 0.05) is 17.9 Å². The van der Waals surface area contributed by atoms with E-state index in [-0.39, 0.29) is 28.5 Å². The van der Waals surface area contributed by atoms with Crippen LogP contribution in [0.25, 0.3) is 0 Å². The minimum atomic E-state index is -3.43. The molecule has 0 saturated carbocycles. The second-order valence-corrected chi connectivity index (χ2v) is 9.89. The number of benzene rings is 1. The molecule has 8 nitrogen and oxygen atoms in total. The summed E-state index contributed by atoms with van der Waals surface area (Å²) >= 11 is 0. The van der Waals surface area contributed by atoms with Crippen molar-refractivity contribution in [2.24, 2.45) is 0 Å². The van der Waals surface area contributed by atoms with E-state index in [2.05, 4.69) is 10.6 Å². The largest absolute Gasteiger partial charge is 0.351 e. The molecule has 2 N–H and O–H groups in total. The number of carbonyl (C=O) groups excluding carboxylic acids is 2. The highest BCUT2D eigenvalue weighted by Crippen LogP contribution is 2.12. The van der Waals surface area contributed by atoms with Gasteiger partial charge in [0.25, 0.3) is 5.91 Å². The van der Waals surface area contributed by atoms with Crippen LogP contribution in [0.3, 0.4) is 0 Å². The van der Waals surface area contributed by atoms with Crippen LogP contribution in [-0.2, 0) is 24.5 Å². The van der Waals surface area contributed by atoms with E-state index in [0.29, 0.717) is 6.42 Å². The van der Waals surface area contributed by atoms with Crippen molar-refractivity contribution in [3.8, 4) is 0 Å². The van der Waals surface area contributed by atoms with E-state index in [1.807, 2.05) is 0 Å². The van der Waals surface area contributed by atoms with Crippen LogP contribution >= 0.6 is 0 Å². The summed E-state index contributed by atoms with van der Waals surface area (Å²) in [7, 11) is -6.53. The van der Waals surface area contributed by atoms with Crippen LogP contribution in [-0.4, -0.2) is 59.0 Å². The van der Waals surface area contributed by atoms with Gasteiger partial charge in [-0.05, 0) is 24.6 Å². The second-order valence-electron chi connectivity index (χ2n) is 5.65. The Morgan fingerprint density at radius 3 is 2.58 bits per heavy atom. The summed E-state index contributed by atoms with van der Waals surface area (Å²) in [6.07, 6.45) is 1.39. The average molecular weight is 374 g/mol. The molecule has 24 heavy (non-hydrogen) atoms. The van der Waals surface area contributed by atoms with Gasteiger partial charge < -0.3 is 10.6 Å². The summed E-state index contributed by atoms with van der Waals surface area (Å²) < 4.78 is 45.6. The van der Waals surface area contributed by atoms with Crippen LogP contribution in [0.15, 0.2) is 29.2 Å². The van der Waals surface area contributed by atoms with Crippen molar-refractivity contribution >= 4 is 31.5 Å². The van der Waals surface area contributed by atoms with Crippen LogP contribution < -0.4 is 10.6 Å². The van der Waals surface area contributed by atoms with Crippen LogP contribution in [0.1, 0.15) is 16.8 Å². The molecule has 10 heteroatoms. The Bertz CT molecular complexity index is 861. The summed E-state index contributed by atoms with van der Waals surface area (Å²) in [6.45, 7) is -0.321. The Hall–Kier alpha value is -1.94. The molecule has 0 spiro atoms. The first-order valence-corrected chi connectivity index (χ1v) is 10.9. The number of nitrogens with one attached hydrogen (secondary N) is 2. The average Bonchev–Trinajstić information content (AvgIpc) is 2.83. The van der Waals surface area contributed by atoms with Gasteiger partial charge in [-0.3, -0.25) is 9.59 Å². The van der Waals surface area contributed by atoms with Gasteiger partial charge in [-0.2, -0.15) is 0 Å². The molecule has 132 valence electrons. The van der Waals surface area contributed by atoms with E-state index in [4.69, 9.17) is 0 Å². The van der Waals surface area contributed by atoms with Gasteiger partial charge in [0.05, 0.1) is 22.9 Å². The standard InChI is InChI=1S/C14H18N2O6S2/c1-23(19,20)12-4-2-3-10(7-12)14(18)15-8-13(17)16-11-5-6-24(21,22)9-11/h2-4,7,11H,5-6,8-9H2,1H3,(H,15,18)(H,16,17). The molecule has 0 aromatic heterocycles. The summed E-state index contributed by atoms with van der Waals surface area (Å²) in [4.78, 5) is 23.8. The van der Waals surface area contributed by atoms with Gasteiger partial charge in [0.1, 0.15) is 0 Å². The third-order valence-corrected chi connectivity index (χ3v) is 6.41. The first kappa shape index (κ1) is 18.4. The van der Waals surface area contributed by atoms with Gasteiger partial charge in [-0.25, -0.2) is 16.8 Å². The van der Waals surface area contributed by atoms with Crippen molar-refractivity contribution in [1.29, 1.82) is 0 Å². The molecule has 1 saturated heterocycles. The SMILES string of the molecule is CS(=O)(=O)c1cccc(C(=O)NCC(=O)NC2CCS(=O)(=O)C2)c1. The molecule has 1 aliphatic heterocycles. The minimum absolute atomic E-state index is 0.00997. The van der Waals surface area contributed by atoms with Crippen molar-refractivity contribution in [3.05, 3.63) is 29.8 Å². The Labute approximate surface area is 140 Å². The molecule has 1 aromatic rings. The van der Waals surface area contributed by atoms with Gasteiger partial charge in [-0.15, -0.1) is 0 Å². The quantitative estimate of drug-likeness (QED) is 0.689. The maximum atomic E-state index is 12.0. The smallest absolute Gasteiger partial charge is 0.251 e. The predicted molar refractivity (Wildman–Crippen MR) is 87.1 cm³/mol. The fraction of sp³-hybridized carbons (Fsp3) is 0.429. The van der Waals surface area contributed by atoms with Crippen LogP contribution in [0, 0.1) is 0 Å². The van der Waals surface area contributed by atoms with Crippen molar-refractivity contribution in [2.75, 3.05) is 24.3 Å². The van der Waals surface area contributed by atoms with E-state index in [1.165, 1.54) is 24.3 Å². The summed E-state index contributed by atoms with van der Waals surface area (Å²) in [5.41, 5.74) is 0.120. The molecule has 2 rings (SSSR count). The van der Waals surface area contributed by atoms with Gasteiger partial charge >= 0.3 is 0 Å². The van der Waals surface area contributed by atoms with Crippen molar-refractivity contribution in [1.82, 2.24) is 10.6 Å². The lowest BCUT2D eigenvalue weighted by molar-refractivity contribution is -0.120. The van der Waals surface area contributed by atoms with Crippen LogP contribution in [0.5, 0.6) is 0 Å². The zero-order valence-electron chi connectivity index (χ0n) is 13.0.